The number of nitriles is 1. The zero-order chi connectivity index (χ0) is 12.7. The second-order valence-electron chi connectivity index (χ2n) is 4.55. The lowest BCUT2D eigenvalue weighted by Gasteiger charge is -2.29. The van der Waals surface area contributed by atoms with Crippen molar-refractivity contribution in [3.63, 3.8) is 0 Å². The van der Waals surface area contributed by atoms with Gasteiger partial charge in [-0.3, -0.25) is 4.79 Å². The molecule has 0 spiro atoms. The van der Waals surface area contributed by atoms with Crippen LogP contribution < -0.4 is 0 Å². The number of hydrogen-bond donors (Lipinski definition) is 1. The van der Waals surface area contributed by atoms with E-state index in [1.165, 1.54) is 0 Å². The molecule has 0 heterocycles. The van der Waals surface area contributed by atoms with Crippen LogP contribution in [-0.4, -0.2) is 35.1 Å². The summed E-state index contributed by atoms with van der Waals surface area (Å²) in [6.07, 6.45) is 0.556. The number of amides is 1. The third kappa shape index (κ3) is 4.19. The summed E-state index contributed by atoms with van der Waals surface area (Å²) in [5.74, 6) is -0.685. The molecule has 16 heavy (non-hydrogen) atoms. The van der Waals surface area contributed by atoms with Gasteiger partial charge in [-0.05, 0) is 26.2 Å². The van der Waals surface area contributed by atoms with E-state index in [9.17, 15) is 4.79 Å². The van der Waals surface area contributed by atoms with Gasteiger partial charge in [-0.15, -0.1) is 0 Å². The molecule has 0 aliphatic rings. The van der Waals surface area contributed by atoms with Crippen molar-refractivity contribution in [2.75, 3.05) is 13.2 Å². The molecule has 1 atom stereocenters. The minimum atomic E-state index is -0.582. The molecule has 0 aromatic rings. The fraction of sp³-hybridized carbons (Fsp3) is 0.833. The summed E-state index contributed by atoms with van der Waals surface area (Å²) in [6.45, 7) is 8.16. The summed E-state index contributed by atoms with van der Waals surface area (Å²) in [5, 5.41) is 17.8. The maximum atomic E-state index is 12.1. The first-order valence-corrected chi connectivity index (χ1v) is 5.76. The molecule has 4 heteroatoms. The van der Waals surface area contributed by atoms with Gasteiger partial charge in [-0.25, -0.2) is 0 Å². The van der Waals surface area contributed by atoms with E-state index in [2.05, 4.69) is 6.07 Å². The van der Waals surface area contributed by atoms with Crippen LogP contribution in [0.15, 0.2) is 0 Å². The summed E-state index contributed by atoms with van der Waals surface area (Å²) < 4.78 is 0. The van der Waals surface area contributed by atoms with Gasteiger partial charge in [-0.2, -0.15) is 5.26 Å². The van der Waals surface area contributed by atoms with E-state index in [0.717, 1.165) is 0 Å². The van der Waals surface area contributed by atoms with E-state index >= 15 is 0 Å². The number of aliphatic hydroxyl groups excluding tert-OH is 1. The SMILES string of the molecule is CC(C)C(C#N)C(=O)N(CCCO)C(C)C. The van der Waals surface area contributed by atoms with Crippen molar-refractivity contribution in [1.29, 1.82) is 5.26 Å². The van der Waals surface area contributed by atoms with Crippen molar-refractivity contribution in [2.24, 2.45) is 11.8 Å². The lowest BCUT2D eigenvalue weighted by atomic mass is 9.95. The van der Waals surface area contributed by atoms with Crippen LogP contribution in [0.5, 0.6) is 0 Å². The molecule has 0 aliphatic heterocycles. The maximum absolute atomic E-state index is 12.1. The Balaban J connectivity index is 4.66. The molecular formula is C12H22N2O2. The Morgan fingerprint density at radius 3 is 2.25 bits per heavy atom. The molecule has 0 aromatic carbocycles. The lowest BCUT2D eigenvalue weighted by molar-refractivity contribution is -0.136. The van der Waals surface area contributed by atoms with Crippen LogP contribution >= 0.6 is 0 Å². The van der Waals surface area contributed by atoms with Gasteiger partial charge in [0, 0.05) is 19.2 Å². The Labute approximate surface area is 97.9 Å². The van der Waals surface area contributed by atoms with E-state index in [1.54, 1.807) is 4.90 Å². The van der Waals surface area contributed by atoms with Crippen LogP contribution in [0, 0.1) is 23.2 Å². The topological polar surface area (TPSA) is 64.3 Å². The Morgan fingerprint density at radius 1 is 1.38 bits per heavy atom. The van der Waals surface area contributed by atoms with E-state index < -0.39 is 5.92 Å². The maximum Gasteiger partial charge on any atom is 0.240 e. The van der Waals surface area contributed by atoms with Crippen molar-refractivity contribution < 1.29 is 9.90 Å². The predicted molar refractivity (Wildman–Crippen MR) is 62.5 cm³/mol. The zero-order valence-electron chi connectivity index (χ0n) is 10.6. The second-order valence-corrected chi connectivity index (χ2v) is 4.55. The largest absolute Gasteiger partial charge is 0.396 e. The minimum absolute atomic E-state index is 0.0212. The van der Waals surface area contributed by atoms with E-state index in [4.69, 9.17) is 10.4 Å². The molecule has 0 aliphatic carbocycles. The molecule has 0 saturated heterocycles. The van der Waals surface area contributed by atoms with E-state index in [-0.39, 0.29) is 24.5 Å². The van der Waals surface area contributed by atoms with Gasteiger partial charge in [0.1, 0.15) is 5.92 Å². The highest BCUT2D eigenvalue weighted by Crippen LogP contribution is 2.15. The summed E-state index contributed by atoms with van der Waals surface area (Å²) >= 11 is 0. The average Bonchev–Trinajstić information content (AvgIpc) is 2.18. The Kier molecular flexibility index (Phi) is 6.75. The van der Waals surface area contributed by atoms with Crippen molar-refractivity contribution in [3.8, 4) is 6.07 Å². The highest BCUT2D eigenvalue weighted by atomic mass is 16.3. The number of carbonyl (C=O) groups is 1. The number of rotatable bonds is 6. The minimum Gasteiger partial charge on any atom is -0.396 e. The van der Waals surface area contributed by atoms with E-state index in [0.29, 0.717) is 13.0 Å². The van der Waals surface area contributed by atoms with Crippen LogP contribution in [0.4, 0.5) is 0 Å². The van der Waals surface area contributed by atoms with Crippen LogP contribution in [0.25, 0.3) is 0 Å². The van der Waals surface area contributed by atoms with Gasteiger partial charge in [0.05, 0.1) is 6.07 Å². The average molecular weight is 226 g/mol. The molecule has 1 unspecified atom stereocenters. The fourth-order valence-corrected chi connectivity index (χ4v) is 1.53. The third-order valence-electron chi connectivity index (χ3n) is 2.54. The van der Waals surface area contributed by atoms with Crippen molar-refractivity contribution in [1.82, 2.24) is 4.90 Å². The monoisotopic (exact) mass is 226 g/mol. The molecule has 0 radical (unpaired) electrons. The summed E-state index contributed by atoms with van der Waals surface area (Å²) in [6, 6.07) is 2.12. The molecular weight excluding hydrogens is 204 g/mol. The van der Waals surface area contributed by atoms with Crippen molar-refractivity contribution >= 4 is 5.91 Å². The number of carbonyl (C=O) groups excluding carboxylic acids is 1. The van der Waals surface area contributed by atoms with Crippen LogP contribution in [0.1, 0.15) is 34.1 Å². The molecule has 4 nitrogen and oxygen atoms in total. The molecule has 0 saturated carbocycles. The van der Waals surface area contributed by atoms with Gasteiger partial charge in [0.15, 0.2) is 0 Å². The summed E-state index contributed by atoms with van der Waals surface area (Å²) in [5.41, 5.74) is 0. The highest BCUT2D eigenvalue weighted by Gasteiger charge is 2.27. The highest BCUT2D eigenvalue weighted by molar-refractivity contribution is 5.81. The van der Waals surface area contributed by atoms with Gasteiger partial charge < -0.3 is 10.0 Å². The smallest absolute Gasteiger partial charge is 0.240 e. The number of hydrogen-bond acceptors (Lipinski definition) is 3. The van der Waals surface area contributed by atoms with Gasteiger partial charge in [0.2, 0.25) is 5.91 Å². The van der Waals surface area contributed by atoms with Crippen LogP contribution in [-0.2, 0) is 4.79 Å². The summed E-state index contributed by atoms with van der Waals surface area (Å²) in [4.78, 5) is 13.8. The van der Waals surface area contributed by atoms with Crippen LogP contribution in [0.2, 0.25) is 0 Å². The zero-order valence-corrected chi connectivity index (χ0v) is 10.6. The normalized spacial score (nSPS) is 12.6. The molecule has 0 aromatic heterocycles. The standard InChI is InChI=1S/C12H22N2O2/c1-9(2)11(8-13)12(16)14(10(3)4)6-5-7-15/h9-11,15H,5-7H2,1-4H3. The van der Waals surface area contributed by atoms with Crippen LogP contribution in [0.3, 0.4) is 0 Å². The molecule has 0 rings (SSSR count). The van der Waals surface area contributed by atoms with Gasteiger partial charge in [-0.1, -0.05) is 13.8 Å². The third-order valence-corrected chi connectivity index (χ3v) is 2.54. The number of aliphatic hydroxyl groups is 1. The molecule has 0 bridgehead atoms. The summed E-state index contributed by atoms with van der Waals surface area (Å²) in [7, 11) is 0. The molecule has 0 fully saturated rings. The lowest BCUT2D eigenvalue weighted by Crippen LogP contribution is -2.42. The Morgan fingerprint density at radius 2 is 1.94 bits per heavy atom. The fourth-order valence-electron chi connectivity index (χ4n) is 1.53. The Hall–Kier alpha value is -1.08. The van der Waals surface area contributed by atoms with E-state index in [1.807, 2.05) is 27.7 Å². The first kappa shape index (κ1) is 14.9. The van der Waals surface area contributed by atoms with Crippen molar-refractivity contribution in [3.05, 3.63) is 0 Å². The van der Waals surface area contributed by atoms with Gasteiger partial charge >= 0.3 is 0 Å². The first-order chi connectivity index (χ1) is 7.45. The predicted octanol–water partition coefficient (Wildman–Crippen LogP) is 1.40. The quantitative estimate of drug-likeness (QED) is 0.744. The second kappa shape index (κ2) is 7.24. The Bertz CT molecular complexity index is 256. The molecule has 1 N–H and O–H groups in total. The first-order valence-electron chi connectivity index (χ1n) is 5.76. The molecule has 1 amide bonds. The van der Waals surface area contributed by atoms with Crippen molar-refractivity contribution in [2.45, 2.75) is 40.2 Å². The number of nitrogens with zero attached hydrogens (tertiary/aromatic N) is 2. The van der Waals surface area contributed by atoms with Gasteiger partial charge in [0.25, 0.3) is 0 Å². The molecule has 92 valence electrons.